The summed E-state index contributed by atoms with van der Waals surface area (Å²) < 4.78 is 1.84. The molecule has 29 heavy (non-hydrogen) atoms. The standard InChI is InChI=1S/C21H28N6OS/c28-20(5-1-3-17-8-14-29-15-17)22-9-13-26-11-6-18(7-12-26)25-21-19-4-2-10-27(19)24-16-23-21/h2,4,8,10,14-16,18H,1,3,5-7,9,11-13H2,(H,22,28)(H,23,24,25). The minimum absolute atomic E-state index is 0.164. The molecule has 0 aliphatic carbocycles. The predicted molar refractivity (Wildman–Crippen MR) is 116 cm³/mol. The van der Waals surface area contributed by atoms with Crippen LogP contribution >= 0.6 is 11.3 Å². The molecule has 0 unspecified atom stereocenters. The molecule has 3 aromatic heterocycles. The quantitative estimate of drug-likeness (QED) is 0.565. The highest BCUT2D eigenvalue weighted by molar-refractivity contribution is 7.07. The lowest BCUT2D eigenvalue weighted by atomic mass is 10.1. The second-order valence-corrected chi connectivity index (χ2v) is 8.32. The third-order valence-electron chi connectivity index (χ3n) is 5.46. The van der Waals surface area contributed by atoms with Crippen LogP contribution in [0.1, 0.15) is 31.2 Å². The lowest BCUT2D eigenvalue weighted by Gasteiger charge is -2.32. The highest BCUT2D eigenvalue weighted by Crippen LogP contribution is 2.18. The fourth-order valence-electron chi connectivity index (χ4n) is 3.80. The van der Waals surface area contributed by atoms with Gasteiger partial charge in [0, 0.05) is 44.8 Å². The first kappa shape index (κ1) is 19.8. The number of carbonyl (C=O) groups excluding carboxylic acids is 1. The van der Waals surface area contributed by atoms with Crippen molar-refractivity contribution >= 4 is 28.6 Å². The first-order chi connectivity index (χ1) is 14.3. The van der Waals surface area contributed by atoms with E-state index in [0.29, 0.717) is 12.5 Å². The van der Waals surface area contributed by atoms with E-state index in [1.165, 1.54) is 5.56 Å². The Hall–Kier alpha value is -2.45. The number of nitrogens with zero attached hydrogens (tertiary/aromatic N) is 4. The maximum absolute atomic E-state index is 12.0. The Balaban J connectivity index is 1.11. The van der Waals surface area contributed by atoms with Crippen molar-refractivity contribution in [1.82, 2.24) is 24.8 Å². The van der Waals surface area contributed by atoms with Gasteiger partial charge in [0.25, 0.3) is 0 Å². The summed E-state index contributed by atoms with van der Waals surface area (Å²) in [5.74, 6) is 1.06. The van der Waals surface area contributed by atoms with Crippen molar-refractivity contribution in [2.45, 2.75) is 38.1 Å². The number of likely N-dealkylation sites (tertiary alicyclic amines) is 1. The number of thiophene rings is 1. The Morgan fingerprint density at radius 3 is 3.00 bits per heavy atom. The van der Waals surface area contributed by atoms with Crippen LogP contribution in [0.4, 0.5) is 5.82 Å². The SMILES string of the molecule is O=C(CCCc1ccsc1)NCCN1CCC(Nc2ncnn3cccc23)CC1. The van der Waals surface area contributed by atoms with Crippen LogP contribution in [0.2, 0.25) is 0 Å². The van der Waals surface area contributed by atoms with Gasteiger partial charge in [0.1, 0.15) is 11.8 Å². The van der Waals surface area contributed by atoms with Gasteiger partial charge in [0.15, 0.2) is 5.82 Å². The number of amides is 1. The fourth-order valence-corrected chi connectivity index (χ4v) is 4.50. The van der Waals surface area contributed by atoms with Crippen LogP contribution in [0.15, 0.2) is 41.5 Å². The molecular weight excluding hydrogens is 384 g/mol. The molecule has 1 aliphatic rings. The molecule has 0 spiro atoms. The zero-order valence-corrected chi connectivity index (χ0v) is 17.4. The number of aromatic nitrogens is 3. The predicted octanol–water partition coefficient (Wildman–Crippen LogP) is 2.81. The molecule has 8 heteroatoms. The molecule has 0 bridgehead atoms. The summed E-state index contributed by atoms with van der Waals surface area (Å²) >= 11 is 1.71. The van der Waals surface area contributed by atoms with Crippen molar-refractivity contribution < 1.29 is 4.79 Å². The Bertz CT molecular complexity index is 901. The third-order valence-corrected chi connectivity index (χ3v) is 6.19. The molecule has 4 rings (SSSR count). The molecule has 154 valence electrons. The monoisotopic (exact) mass is 412 g/mol. The van der Waals surface area contributed by atoms with E-state index in [1.807, 2.05) is 22.8 Å². The lowest BCUT2D eigenvalue weighted by molar-refractivity contribution is -0.121. The second-order valence-electron chi connectivity index (χ2n) is 7.54. The van der Waals surface area contributed by atoms with Gasteiger partial charge in [-0.05, 0) is 60.2 Å². The number of piperidine rings is 1. The molecule has 0 aromatic carbocycles. The van der Waals surface area contributed by atoms with Crippen molar-refractivity contribution in [1.29, 1.82) is 0 Å². The van der Waals surface area contributed by atoms with Gasteiger partial charge in [-0.3, -0.25) is 4.79 Å². The highest BCUT2D eigenvalue weighted by Gasteiger charge is 2.20. The zero-order chi connectivity index (χ0) is 19.9. The van der Waals surface area contributed by atoms with Gasteiger partial charge >= 0.3 is 0 Å². The number of anilines is 1. The molecule has 1 amide bonds. The molecule has 1 aliphatic heterocycles. The average molecular weight is 413 g/mol. The number of fused-ring (bicyclic) bond motifs is 1. The number of aryl methyl sites for hydroxylation is 1. The van der Waals surface area contributed by atoms with E-state index in [1.54, 1.807) is 17.7 Å². The largest absolute Gasteiger partial charge is 0.365 e. The Morgan fingerprint density at radius 1 is 1.28 bits per heavy atom. The smallest absolute Gasteiger partial charge is 0.220 e. The average Bonchev–Trinajstić information content (AvgIpc) is 3.42. The summed E-state index contributed by atoms with van der Waals surface area (Å²) in [6.45, 7) is 3.72. The van der Waals surface area contributed by atoms with E-state index in [2.05, 4.69) is 42.4 Å². The first-order valence-corrected chi connectivity index (χ1v) is 11.3. The van der Waals surface area contributed by atoms with Crippen LogP contribution in [-0.2, 0) is 11.2 Å². The van der Waals surface area contributed by atoms with Gasteiger partial charge in [-0.25, -0.2) is 9.50 Å². The number of carbonyl (C=O) groups is 1. The van der Waals surface area contributed by atoms with E-state index in [-0.39, 0.29) is 5.91 Å². The summed E-state index contributed by atoms with van der Waals surface area (Å²) in [5, 5.41) is 15.1. The minimum Gasteiger partial charge on any atom is -0.365 e. The van der Waals surface area contributed by atoms with E-state index >= 15 is 0 Å². The summed E-state index contributed by atoms with van der Waals surface area (Å²) in [6, 6.07) is 6.56. The van der Waals surface area contributed by atoms with Crippen molar-refractivity contribution in [3.05, 3.63) is 47.0 Å². The number of nitrogens with one attached hydrogen (secondary N) is 2. The van der Waals surface area contributed by atoms with Crippen LogP contribution in [0.5, 0.6) is 0 Å². The van der Waals surface area contributed by atoms with E-state index < -0.39 is 0 Å². The van der Waals surface area contributed by atoms with E-state index in [0.717, 1.165) is 63.2 Å². The zero-order valence-electron chi connectivity index (χ0n) is 16.6. The molecule has 0 saturated carbocycles. The molecule has 4 heterocycles. The van der Waals surface area contributed by atoms with Crippen molar-refractivity contribution in [2.75, 3.05) is 31.5 Å². The summed E-state index contributed by atoms with van der Waals surface area (Å²) in [4.78, 5) is 18.8. The lowest BCUT2D eigenvalue weighted by Crippen LogP contribution is -2.42. The topological polar surface area (TPSA) is 74.6 Å². The van der Waals surface area contributed by atoms with Crippen LogP contribution in [0.25, 0.3) is 5.52 Å². The van der Waals surface area contributed by atoms with Crippen molar-refractivity contribution in [2.24, 2.45) is 0 Å². The van der Waals surface area contributed by atoms with Crippen LogP contribution in [0.3, 0.4) is 0 Å². The summed E-state index contributed by atoms with van der Waals surface area (Å²) in [5.41, 5.74) is 2.34. The maximum atomic E-state index is 12.0. The van der Waals surface area contributed by atoms with Crippen LogP contribution in [0, 0.1) is 0 Å². The maximum Gasteiger partial charge on any atom is 0.220 e. The van der Waals surface area contributed by atoms with E-state index in [4.69, 9.17) is 0 Å². The fraction of sp³-hybridized carbons (Fsp3) is 0.476. The van der Waals surface area contributed by atoms with Gasteiger partial charge in [0.05, 0.1) is 0 Å². The Kier molecular flexibility index (Phi) is 6.74. The minimum atomic E-state index is 0.164. The van der Waals surface area contributed by atoms with Crippen molar-refractivity contribution in [3.63, 3.8) is 0 Å². The van der Waals surface area contributed by atoms with Gasteiger partial charge in [-0.2, -0.15) is 16.4 Å². The summed E-state index contributed by atoms with van der Waals surface area (Å²) in [6.07, 6.45) is 8.18. The van der Waals surface area contributed by atoms with Crippen LogP contribution < -0.4 is 10.6 Å². The molecule has 0 radical (unpaired) electrons. The molecule has 7 nitrogen and oxygen atoms in total. The molecule has 0 atom stereocenters. The summed E-state index contributed by atoms with van der Waals surface area (Å²) in [7, 11) is 0. The Morgan fingerprint density at radius 2 is 2.17 bits per heavy atom. The number of hydrogen-bond acceptors (Lipinski definition) is 6. The van der Waals surface area contributed by atoms with E-state index in [9.17, 15) is 4.79 Å². The van der Waals surface area contributed by atoms with Gasteiger partial charge in [-0.15, -0.1) is 0 Å². The second kappa shape index (κ2) is 9.84. The molecule has 3 aromatic rings. The van der Waals surface area contributed by atoms with Gasteiger partial charge in [-0.1, -0.05) is 0 Å². The van der Waals surface area contributed by atoms with Crippen molar-refractivity contribution in [3.8, 4) is 0 Å². The van der Waals surface area contributed by atoms with Crippen LogP contribution in [-0.4, -0.2) is 57.6 Å². The Labute approximate surface area is 175 Å². The molecule has 2 N–H and O–H groups in total. The number of rotatable bonds is 9. The normalized spacial score (nSPS) is 15.6. The molecular formula is C21H28N6OS. The highest BCUT2D eigenvalue weighted by atomic mass is 32.1. The first-order valence-electron chi connectivity index (χ1n) is 10.3. The van der Waals surface area contributed by atoms with Gasteiger partial charge < -0.3 is 15.5 Å². The molecule has 1 fully saturated rings. The third kappa shape index (κ3) is 5.55. The number of hydrogen-bond donors (Lipinski definition) is 2. The molecule has 1 saturated heterocycles. The van der Waals surface area contributed by atoms with Gasteiger partial charge in [0.2, 0.25) is 5.91 Å².